The molecule has 0 aliphatic carbocycles. The number of para-hydroxylation sites is 1. The molecule has 0 unspecified atom stereocenters. The van der Waals surface area contributed by atoms with E-state index in [0.717, 1.165) is 55.9 Å². The van der Waals surface area contributed by atoms with Crippen molar-refractivity contribution < 1.29 is 0 Å². The second kappa shape index (κ2) is 18.4. The van der Waals surface area contributed by atoms with Gasteiger partial charge in [0.05, 0.1) is 28.4 Å². The maximum absolute atomic E-state index is 5.05. The lowest BCUT2D eigenvalue weighted by Gasteiger charge is -2.34. The van der Waals surface area contributed by atoms with E-state index >= 15 is 0 Å². The van der Waals surface area contributed by atoms with Gasteiger partial charge in [0.25, 0.3) is 0 Å². The molecular formula is C66H46N4SSi. The Morgan fingerprint density at radius 1 is 0.333 bits per heavy atom. The standard InChI is InChI=1S/C66H46N4SSi/c1-6-18-47(19-7-1)49-30-35-52(36-31-49)69(53-37-32-50(33-38-53)48-20-8-2-9-21-48)63-45-44-59(65-66(63)68-71-67-65)51-34-43-61-60-28-16-17-29-62(60)70(64(61)46-51)54-39-41-58(42-40-54)72(55-22-10-3-11-23-55,56-24-12-4-13-25-56)57-26-14-5-15-27-57/h1-46H. The molecule has 0 aliphatic rings. The molecule has 340 valence electrons. The molecule has 0 saturated carbocycles. The van der Waals surface area contributed by atoms with Crippen LogP contribution < -0.4 is 25.6 Å². The van der Waals surface area contributed by atoms with E-state index in [-0.39, 0.29) is 0 Å². The van der Waals surface area contributed by atoms with Crippen LogP contribution in [0.15, 0.2) is 279 Å². The summed E-state index contributed by atoms with van der Waals surface area (Å²) in [4.78, 5) is 2.31. The van der Waals surface area contributed by atoms with Crippen molar-refractivity contribution in [3.63, 3.8) is 0 Å². The zero-order valence-corrected chi connectivity index (χ0v) is 41.1. The Bertz CT molecular complexity index is 3810. The number of fused-ring (bicyclic) bond motifs is 4. The average molecular weight is 955 g/mol. The van der Waals surface area contributed by atoms with Gasteiger partial charge in [-0.15, -0.1) is 0 Å². The third-order valence-corrected chi connectivity index (χ3v) is 19.6. The van der Waals surface area contributed by atoms with Gasteiger partial charge >= 0.3 is 0 Å². The highest BCUT2D eigenvalue weighted by molar-refractivity contribution is 7.19. The van der Waals surface area contributed by atoms with Crippen molar-refractivity contribution in [1.82, 2.24) is 13.3 Å². The fraction of sp³-hybridized carbons (Fsp3) is 0. The van der Waals surface area contributed by atoms with Crippen LogP contribution >= 0.6 is 11.7 Å². The van der Waals surface area contributed by atoms with Crippen molar-refractivity contribution >= 4 is 90.5 Å². The van der Waals surface area contributed by atoms with E-state index in [1.807, 2.05) is 0 Å². The number of nitrogens with zero attached hydrogens (tertiary/aromatic N) is 4. The fourth-order valence-corrected chi connectivity index (χ4v) is 16.2. The van der Waals surface area contributed by atoms with E-state index < -0.39 is 8.07 Å². The number of anilines is 3. The molecule has 0 N–H and O–H groups in total. The van der Waals surface area contributed by atoms with Gasteiger partial charge in [0.2, 0.25) is 0 Å². The van der Waals surface area contributed by atoms with Gasteiger partial charge in [0.15, 0.2) is 8.07 Å². The van der Waals surface area contributed by atoms with E-state index in [1.165, 1.54) is 65.5 Å². The topological polar surface area (TPSA) is 34.0 Å². The second-order valence-electron chi connectivity index (χ2n) is 18.2. The molecule has 11 aromatic carbocycles. The molecule has 2 aromatic heterocycles. The summed E-state index contributed by atoms with van der Waals surface area (Å²) >= 11 is 1.26. The number of rotatable bonds is 11. The van der Waals surface area contributed by atoms with Gasteiger partial charge < -0.3 is 9.47 Å². The summed E-state index contributed by atoms with van der Waals surface area (Å²) in [5.41, 5.74) is 15.0. The number of aromatic nitrogens is 3. The van der Waals surface area contributed by atoms with Crippen molar-refractivity contribution in [3.8, 4) is 39.1 Å². The van der Waals surface area contributed by atoms with Crippen LogP contribution in [0.4, 0.5) is 17.1 Å². The first-order valence-electron chi connectivity index (χ1n) is 24.4. The Morgan fingerprint density at radius 2 is 0.764 bits per heavy atom. The maximum Gasteiger partial charge on any atom is 0.179 e. The van der Waals surface area contributed by atoms with Gasteiger partial charge in [-0.1, -0.05) is 218 Å². The molecule has 0 bridgehead atoms. The van der Waals surface area contributed by atoms with Crippen LogP contribution in [0.2, 0.25) is 0 Å². The van der Waals surface area contributed by atoms with Gasteiger partial charge in [-0.3, -0.25) is 0 Å². The first-order chi connectivity index (χ1) is 35.7. The van der Waals surface area contributed by atoms with Crippen LogP contribution in [0.5, 0.6) is 0 Å². The lowest BCUT2D eigenvalue weighted by molar-refractivity contribution is 1.18. The third-order valence-electron chi connectivity index (χ3n) is 14.3. The van der Waals surface area contributed by atoms with Crippen molar-refractivity contribution in [2.24, 2.45) is 0 Å². The largest absolute Gasteiger partial charge is 0.309 e. The second-order valence-corrected chi connectivity index (χ2v) is 22.6. The highest BCUT2D eigenvalue weighted by Gasteiger charge is 2.41. The lowest BCUT2D eigenvalue weighted by atomic mass is 10.00. The SMILES string of the molecule is c1ccc(-c2ccc(N(c3ccc(-c4ccccc4)cc3)c3ccc(-c4ccc5c6ccccc6n(-c6ccc([Si](c7ccccc7)(c7ccccc7)c7ccccc7)cc6)c5c4)c4nsnc34)cc2)cc1. The molecule has 0 saturated heterocycles. The third kappa shape index (κ3) is 7.44. The molecule has 13 rings (SSSR count). The number of hydrogen-bond acceptors (Lipinski definition) is 4. The number of benzene rings is 11. The van der Waals surface area contributed by atoms with Gasteiger partial charge in [-0.25, -0.2) is 0 Å². The molecular weight excluding hydrogens is 909 g/mol. The van der Waals surface area contributed by atoms with Gasteiger partial charge in [-0.05, 0) is 109 Å². The molecule has 4 nitrogen and oxygen atoms in total. The molecule has 0 spiro atoms. The summed E-state index contributed by atoms with van der Waals surface area (Å²) in [6, 6.07) is 102. The molecule has 72 heavy (non-hydrogen) atoms. The van der Waals surface area contributed by atoms with Crippen LogP contribution in [-0.4, -0.2) is 21.4 Å². The summed E-state index contributed by atoms with van der Waals surface area (Å²) in [6.07, 6.45) is 0. The van der Waals surface area contributed by atoms with Crippen molar-refractivity contribution in [2.45, 2.75) is 0 Å². The van der Waals surface area contributed by atoms with Crippen LogP contribution in [0.25, 0.3) is 71.9 Å². The van der Waals surface area contributed by atoms with Crippen LogP contribution in [0, 0.1) is 0 Å². The Morgan fingerprint density at radius 3 is 1.31 bits per heavy atom. The Hall–Kier alpha value is -8.94. The van der Waals surface area contributed by atoms with Gasteiger partial charge in [0.1, 0.15) is 11.0 Å². The quantitative estimate of drug-likeness (QED) is 0.0957. The number of hydrogen-bond donors (Lipinski definition) is 0. The first kappa shape index (κ1) is 43.1. The molecule has 13 aromatic rings. The molecule has 0 amide bonds. The van der Waals surface area contributed by atoms with Crippen LogP contribution in [0.3, 0.4) is 0 Å². The van der Waals surface area contributed by atoms with Gasteiger partial charge in [-0.2, -0.15) is 8.75 Å². The molecule has 0 fully saturated rings. The van der Waals surface area contributed by atoms with E-state index in [2.05, 4.69) is 289 Å². The zero-order valence-electron chi connectivity index (χ0n) is 39.3. The minimum absolute atomic E-state index is 0.857. The molecule has 0 radical (unpaired) electrons. The predicted molar refractivity (Wildman–Crippen MR) is 306 cm³/mol. The molecule has 0 atom stereocenters. The summed E-state index contributed by atoms with van der Waals surface area (Å²) in [5, 5.41) is 7.82. The fourth-order valence-electron chi connectivity index (χ4n) is 10.9. The Balaban J connectivity index is 0.934. The Kier molecular flexibility index (Phi) is 11.0. The molecule has 2 heterocycles. The minimum atomic E-state index is -2.70. The molecule has 6 heteroatoms. The highest BCUT2D eigenvalue weighted by atomic mass is 32.1. The maximum atomic E-state index is 5.05. The van der Waals surface area contributed by atoms with E-state index in [1.54, 1.807) is 0 Å². The zero-order chi connectivity index (χ0) is 47.8. The van der Waals surface area contributed by atoms with Crippen molar-refractivity contribution in [2.75, 3.05) is 4.90 Å². The summed E-state index contributed by atoms with van der Waals surface area (Å²) in [5.74, 6) is 0. The Labute approximate surface area is 424 Å². The summed E-state index contributed by atoms with van der Waals surface area (Å²) < 4.78 is 12.5. The van der Waals surface area contributed by atoms with Crippen LogP contribution in [-0.2, 0) is 0 Å². The summed E-state index contributed by atoms with van der Waals surface area (Å²) in [7, 11) is -2.70. The smallest absolute Gasteiger partial charge is 0.179 e. The van der Waals surface area contributed by atoms with Crippen molar-refractivity contribution in [3.05, 3.63) is 279 Å². The minimum Gasteiger partial charge on any atom is -0.309 e. The normalized spacial score (nSPS) is 11.6. The molecule has 0 aliphatic heterocycles. The average Bonchev–Trinajstić information content (AvgIpc) is 4.09. The van der Waals surface area contributed by atoms with E-state index in [0.29, 0.717) is 0 Å². The first-order valence-corrected chi connectivity index (χ1v) is 27.1. The summed E-state index contributed by atoms with van der Waals surface area (Å²) in [6.45, 7) is 0. The van der Waals surface area contributed by atoms with E-state index in [4.69, 9.17) is 8.75 Å². The van der Waals surface area contributed by atoms with E-state index in [9.17, 15) is 0 Å². The monoisotopic (exact) mass is 954 g/mol. The van der Waals surface area contributed by atoms with Crippen LogP contribution in [0.1, 0.15) is 0 Å². The highest BCUT2D eigenvalue weighted by Crippen LogP contribution is 2.43. The van der Waals surface area contributed by atoms with Crippen molar-refractivity contribution in [1.29, 1.82) is 0 Å². The van der Waals surface area contributed by atoms with Gasteiger partial charge in [0, 0.05) is 33.4 Å². The lowest BCUT2D eigenvalue weighted by Crippen LogP contribution is -2.74. The predicted octanol–water partition coefficient (Wildman–Crippen LogP) is 14.6.